The molecule has 0 atom stereocenters. The topological polar surface area (TPSA) is 23.6 Å². The van der Waals surface area contributed by atoms with Crippen LogP contribution in [0.2, 0.25) is 5.02 Å². The first-order chi connectivity index (χ1) is 11.1. The Bertz CT molecular complexity index is 676. The number of carbonyl (C=O) groups is 1. The van der Waals surface area contributed by atoms with Gasteiger partial charge in [0.05, 0.1) is 6.54 Å². The second kappa shape index (κ2) is 7.26. The molecule has 0 bridgehead atoms. The number of nitrogens with zero attached hydrogens (tertiary/aromatic N) is 2. The highest BCUT2D eigenvalue weighted by Gasteiger charge is 2.17. The molecule has 0 N–H and O–H groups in total. The molecule has 2 aromatic carbocycles. The van der Waals surface area contributed by atoms with Gasteiger partial charge < -0.3 is 4.90 Å². The third kappa shape index (κ3) is 3.99. The van der Waals surface area contributed by atoms with Gasteiger partial charge in [0.15, 0.2) is 5.78 Å². The molecule has 1 fully saturated rings. The number of hydrogen-bond donors (Lipinski definition) is 0. The van der Waals surface area contributed by atoms with Crippen molar-refractivity contribution in [2.24, 2.45) is 0 Å². The van der Waals surface area contributed by atoms with E-state index in [0.717, 1.165) is 47.9 Å². The summed E-state index contributed by atoms with van der Waals surface area (Å²) in [5, 5.41) is 0.726. The molecule has 1 aliphatic heterocycles. The van der Waals surface area contributed by atoms with Gasteiger partial charge in [0.1, 0.15) is 0 Å². The van der Waals surface area contributed by atoms with E-state index in [2.05, 4.69) is 16.8 Å². The summed E-state index contributed by atoms with van der Waals surface area (Å²) >= 11 is 6.22. The Morgan fingerprint density at radius 2 is 1.65 bits per heavy atom. The third-order valence-electron chi connectivity index (χ3n) is 4.35. The van der Waals surface area contributed by atoms with Crippen LogP contribution in [0, 0.1) is 0 Å². The van der Waals surface area contributed by atoms with Gasteiger partial charge in [-0.25, -0.2) is 0 Å². The molecule has 1 heterocycles. The Balaban J connectivity index is 1.67. The van der Waals surface area contributed by atoms with Crippen molar-refractivity contribution in [1.29, 1.82) is 0 Å². The van der Waals surface area contributed by atoms with Crippen LogP contribution in [0.15, 0.2) is 48.5 Å². The zero-order valence-corrected chi connectivity index (χ0v) is 14.1. The van der Waals surface area contributed by atoms with E-state index in [1.165, 1.54) is 0 Å². The minimum atomic E-state index is 0.181. The van der Waals surface area contributed by atoms with E-state index in [1.807, 2.05) is 48.5 Å². The van der Waals surface area contributed by atoms with Gasteiger partial charge in [0.25, 0.3) is 0 Å². The minimum Gasteiger partial charge on any atom is -0.304 e. The second-order valence-corrected chi connectivity index (χ2v) is 6.47. The minimum absolute atomic E-state index is 0.181. The molecule has 23 heavy (non-hydrogen) atoms. The van der Waals surface area contributed by atoms with Crippen molar-refractivity contribution in [3.63, 3.8) is 0 Å². The van der Waals surface area contributed by atoms with E-state index in [-0.39, 0.29) is 5.78 Å². The summed E-state index contributed by atoms with van der Waals surface area (Å²) in [5.41, 5.74) is 2.79. The van der Waals surface area contributed by atoms with Crippen LogP contribution >= 0.6 is 11.6 Å². The molecular weight excluding hydrogens is 308 g/mol. The maximum absolute atomic E-state index is 12.4. The molecule has 0 amide bonds. The summed E-state index contributed by atoms with van der Waals surface area (Å²) in [6.45, 7) is 4.47. The van der Waals surface area contributed by atoms with Crippen molar-refractivity contribution in [3.8, 4) is 11.1 Å². The summed E-state index contributed by atoms with van der Waals surface area (Å²) in [7, 11) is 2.12. The number of Topliss-reactive ketones (excluding diaryl/α,β-unsaturated/α-hetero) is 1. The van der Waals surface area contributed by atoms with Crippen LogP contribution in [-0.4, -0.2) is 55.4 Å². The molecule has 0 unspecified atom stereocenters. The molecule has 0 aliphatic carbocycles. The number of carbonyl (C=O) groups excluding carboxylic acids is 1. The Kier molecular flexibility index (Phi) is 5.11. The van der Waals surface area contributed by atoms with Crippen LogP contribution < -0.4 is 0 Å². The summed E-state index contributed by atoms with van der Waals surface area (Å²) in [6.07, 6.45) is 0. The fourth-order valence-electron chi connectivity index (χ4n) is 2.83. The average molecular weight is 329 g/mol. The number of likely N-dealkylation sites (N-methyl/N-ethyl adjacent to an activating group) is 1. The fraction of sp³-hybridized carbons (Fsp3) is 0.316. The molecule has 0 saturated carbocycles. The van der Waals surface area contributed by atoms with Crippen molar-refractivity contribution in [2.75, 3.05) is 39.8 Å². The number of benzene rings is 2. The lowest BCUT2D eigenvalue weighted by molar-refractivity contribution is 0.0876. The van der Waals surface area contributed by atoms with E-state index >= 15 is 0 Å². The zero-order chi connectivity index (χ0) is 16.2. The lowest BCUT2D eigenvalue weighted by Crippen LogP contribution is -2.46. The Hall–Kier alpha value is -1.68. The van der Waals surface area contributed by atoms with Gasteiger partial charge in [0.2, 0.25) is 0 Å². The molecule has 120 valence electrons. The van der Waals surface area contributed by atoms with E-state index in [1.54, 1.807) is 0 Å². The van der Waals surface area contributed by atoms with Gasteiger partial charge in [-0.2, -0.15) is 0 Å². The Morgan fingerprint density at radius 3 is 2.30 bits per heavy atom. The number of piperazine rings is 1. The first-order valence-corrected chi connectivity index (χ1v) is 8.30. The van der Waals surface area contributed by atoms with Gasteiger partial charge in [-0.15, -0.1) is 0 Å². The lowest BCUT2D eigenvalue weighted by atomic mass is 10.0. The predicted molar refractivity (Wildman–Crippen MR) is 95.2 cm³/mol. The summed E-state index contributed by atoms with van der Waals surface area (Å²) in [6, 6.07) is 15.5. The number of halogens is 1. The highest BCUT2D eigenvalue weighted by atomic mass is 35.5. The van der Waals surface area contributed by atoms with E-state index < -0.39 is 0 Å². The molecule has 2 aromatic rings. The van der Waals surface area contributed by atoms with E-state index in [0.29, 0.717) is 6.54 Å². The maximum atomic E-state index is 12.4. The smallest absolute Gasteiger partial charge is 0.176 e. The molecular formula is C19H21ClN2O. The summed E-state index contributed by atoms with van der Waals surface area (Å²) in [5.74, 6) is 0.181. The van der Waals surface area contributed by atoms with Gasteiger partial charge in [-0.05, 0) is 18.7 Å². The number of hydrogen-bond acceptors (Lipinski definition) is 3. The fourth-order valence-corrected chi connectivity index (χ4v) is 3.08. The van der Waals surface area contributed by atoms with Gasteiger partial charge in [-0.3, -0.25) is 9.69 Å². The summed E-state index contributed by atoms with van der Waals surface area (Å²) in [4.78, 5) is 16.9. The van der Waals surface area contributed by atoms with E-state index in [9.17, 15) is 4.79 Å². The zero-order valence-electron chi connectivity index (χ0n) is 13.3. The molecule has 0 radical (unpaired) electrons. The largest absolute Gasteiger partial charge is 0.304 e. The quantitative estimate of drug-likeness (QED) is 0.803. The molecule has 3 rings (SSSR count). The normalized spacial score (nSPS) is 16.4. The van der Waals surface area contributed by atoms with Crippen LogP contribution in [-0.2, 0) is 0 Å². The van der Waals surface area contributed by atoms with Crippen LogP contribution in [0.5, 0.6) is 0 Å². The molecule has 4 heteroatoms. The monoisotopic (exact) mass is 328 g/mol. The first-order valence-electron chi connectivity index (χ1n) is 7.92. The molecule has 3 nitrogen and oxygen atoms in total. The number of ketones is 1. The van der Waals surface area contributed by atoms with Crippen LogP contribution in [0.25, 0.3) is 11.1 Å². The standard InChI is InChI=1S/C19H21ClN2O/c1-21-10-12-22(13-11-21)14-19(23)16-8-6-15(7-9-16)17-4-2-3-5-18(17)20/h2-9H,10-14H2,1H3. The highest BCUT2D eigenvalue weighted by Crippen LogP contribution is 2.27. The van der Waals surface area contributed by atoms with Crippen molar-refractivity contribution in [1.82, 2.24) is 9.80 Å². The summed E-state index contributed by atoms with van der Waals surface area (Å²) < 4.78 is 0. The van der Waals surface area contributed by atoms with Crippen molar-refractivity contribution >= 4 is 17.4 Å². The van der Waals surface area contributed by atoms with Crippen molar-refractivity contribution in [3.05, 3.63) is 59.1 Å². The van der Waals surface area contributed by atoms with E-state index in [4.69, 9.17) is 11.6 Å². The van der Waals surface area contributed by atoms with Gasteiger partial charge in [-0.1, -0.05) is 54.1 Å². The van der Waals surface area contributed by atoms with Gasteiger partial charge in [0, 0.05) is 42.3 Å². The second-order valence-electron chi connectivity index (χ2n) is 6.06. The number of rotatable bonds is 4. The highest BCUT2D eigenvalue weighted by molar-refractivity contribution is 6.33. The maximum Gasteiger partial charge on any atom is 0.176 e. The lowest BCUT2D eigenvalue weighted by Gasteiger charge is -2.31. The van der Waals surface area contributed by atoms with Crippen molar-refractivity contribution in [2.45, 2.75) is 0 Å². The first kappa shape index (κ1) is 16.2. The molecule has 1 aliphatic rings. The Morgan fingerprint density at radius 1 is 1.00 bits per heavy atom. The predicted octanol–water partition coefficient (Wildman–Crippen LogP) is 3.44. The van der Waals surface area contributed by atoms with Crippen LogP contribution in [0.3, 0.4) is 0 Å². The average Bonchev–Trinajstić information content (AvgIpc) is 2.57. The van der Waals surface area contributed by atoms with Crippen LogP contribution in [0.4, 0.5) is 0 Å². The SMILES string of the molecule is CN1CCN(CC(=O)c2ccc(-c3ccccc3Cl)cc2)CC1. The molecule has 0 aromatic heterocycles. The molecule has 1 saturated heterocycles. The van der Waals surface area contributed by atoms with Crippen molar-refractivity contribution < 1.29 is 4.79 Å². The van der Waals surface area contributed by atoms with Crippen LogP contribution in [0.1, 0.15) is 10.4 Å². The third-order valence-corrected chi connectivity index (χ3v) is 4.68. The Labute approximate surface area is 142 Å². The van der Waals surface area contributed by atoms with Gasteiger partial charge >= 0.3 is 0 Å². The molecule has 0 spiro atoms.